The molecule has 48 valence electrons. The molecule has 1 aromatic carbocycles. The van der Waals surface area contributed by atoms with Crippen molar-refractivity contribution in [1.29, 1.82) is 0 Å². The number of nitrogens with one attached hydrogen (secondary N) is 1. The molecule has 0 radical (unpaired) electrons. The molecule has 0 spiro atoms. The highest BCUT2D eigenvalue weighted by Gasteiger charge is 1.86. The van der Waals surface area contributed by atoms with Gasteiger partial charge < -0.3 is 11.5 Å². The minimum atomic E-state index is 0.442. The number of rotatable bonds is 0. The molecule has 0 unspecified atom stereocenters. The summed E-state index contributed by atoms with van der Waals surface area (Å²) < 4.78 is 0. The minimum absolute atomic E-state index is 0.442. The fourth-order valence-corrected chi connectivity index (χ4v) is 0.690. The van der Waals surface area contributed by atoms with Crippen LogP contribution < -0.4 is 5.73 Å². The van der Waals surface area contributed by atoms with Crippen molar-refractivity contribution in [3.05, 3.63) is 29.5 Å². The lowest BCUT2D eigenvalue weighted by Crippen LogP contribution is -1.84. The molecule has 0 bridgehead atoms. The maximum absolute atomic E-state index is 7.32. The molecule has 0 aromatic heterocycles. The zero-order valence-corrected chi connectivity index (χ0v) is 5.31. The molecule has 0 aliphatic rings. The Kier molecular flexibility index (Phi) is 1.30. The van der Waals surface area contributed by atoms with Crippen LogP contribution in [-0.2, 0) is 0 Å². The van der Waals surface area contributed by atoms with Crippen LogP contribution in [0.2, 0.25) is 0 Å². The highest BCUT2D eigenvalue weighted by molar-refractivity contribution is 5.69. The van der Waals surface area contributed by atoms with Crippen LogP contribution in [0.3, 0.4) is 0 Å². The average molecular weight is 121 g/mol. The first-order valence-electron chi connectivity index (χ1n) is 2.78. The Labute approximate surface area is 54.5 Å². The van der Waals surface area contributed by atoms with Gasteiger partial charge in [-0.25, -0.2) is 0 Å². The zero-order valence-electron chi connectivity index (χ0n) is 5.31. The largest absolute Gasteiger partial charge is 0.697 e. The molecule has 0 saturated carbocycles. The number of nitrogens with two attached hydrogens (primary N) is 1. The van der Waals surface area contributed by atoms with Crippen molar-refractivity contribution < 1.29 is 0 Å². The standard InChI is InChI=1S/C7H9N2/c1-5-3-2-4-6(8)7(5)9/h2-4,9H,8H2,1H3/q-1. The average Bonchev–Trinajstić information content (AvgIpc) is 1.83. The first-order valence-corrected chi connectivity index (χ1v) is 2.78. The summed E-state index contributed by atoms with van der Waals surface area (Å²) in [5.74, 6) is 0. The van der Waals surface area contributed by atoms with Gasteiger partial charge in [0.2, 0.25) is 0 Å². The molecule has 2 heteroatoms. The SMILES string of the molecule is Cc1cccc(N)c1[NH-]. The topological polar surface area (TPSA) is 49.8 Å². The Morgan fingerprint density at radius 3 is 2.56 bits per heavy atom. The Hall–Kier alpha value is -1.18. The molecule has 9 heavy (non-hydrogen) atoms. The Morgan fingerprint density at radius 1 is 1.44 bits per heavy atom. The zero-order chi connectivity index (χ0) is 6.85. The van der Waals surface area contributed by atoms with Crippen molar-refractivity contribution in [3.63, 3.8) is 0 Å². The summed E-state index contributed by atoms with van der Waals surface area (Å²) in [7, 11) is 0. The van der Waals surface area contributed by atoms with Gasteiger partial charge in [-0.1, -0.05) is 17.7 Å². The third kappa shape index (κ3) is 0.964. The molecule has 0 amide bonds. The molecule has 0 heterocycles. The van der Waals surface area contributed by atoms with E-state index in [0.717, 1.165) is 5.56 Å². The number of hydrogen-bond donors (Lipinski definition) is 1. The smallest absolute Gasteiger partial charge is 0.0163 e. The van der Waals surface area contributed by atoms with Crippen LogP contribution in [0.1, 0.15) is 5.56 Å². The molecule has 3 N–H and O–H groups in total. The quantitative estimate of drug-likeness (QED) is 0.526. The maximum Gasteiger partial charge on any atom is 0.0163 e. The van der Waals surface area contributed by atoms with Crippen molar-refractivity contribution in [3.8, 4) is 0 Å². The van der Waals surface area contributed by atoms with Gasteiger partial charge in [0.15, 0.2) is 0 Å². The van der Waals surface area contributed by atoms with Gasteiger partial charge in [-0.15, -0.1) is 5.69 Å². The molecule has 1 rings (SSSR count). The summed E-state index contributed by atoms with van der Waals surface area (Å²) in [6.45, 7) is 1.87. The Balaban J connectivity index is 3.25. The van der Waals surface area contributed by atoms with Crippen LogP contribution in [0.15, 0.2) is 18.2 Å². The highest BCUT2D eigenvalue weighted by Crippen LogP contribution is 2.23. The van der Waals surface area contributed by atoms with Crippen molar-refractivity contribution in [2.45, 2.75) is 6.92 Å². The number of anilines is 1. The Morgan fingerprint density at radius 2 is 2.11 bits per heavy atom. The fourth-order valence-electron chi connectivity index (χ4n) is 0.690. The third-order valence-electron chi connectivity index (χ3n) is 1.31. The predicted molar refractivity (Wildman–Crippen MR) is 39.6 cm³/mol. The number of nitrogen functional groups attached to an aromatic ring is 1. The molecular formula is C7H9N2-. The highest BCUT2D eigenvalue weighted by atomic mass is 14.7. The van der Waals surface area contributed by atoms with E-state index in [9.17, 15) is 0 Å². The van der Waals surface area contributed by atoms with E-state index in [-0.39, 0.29) is 0 Å². The number of benzene rings is 1. The van der Waals surface area contributed by atoms with Gasteiger partial charge in [0.05, 0.1) is 0 Å². The lowest BCUT2D eigenvalue weighted by Gasteiger charge is -2.09. The van der Waals surface area contributed by atoms with E-state index in [1.165, 1.54) is 0 Å². The summed E-state index contributed by atoms with van der Waals surface area (Å²) in [6, 6.07) is 5.46. The van der Waals surface area contributed by atoms with Gasteiger partial charge in [0, 0.05) is 5.69 Å². The second-order valence-corrected chi connectivity index (χ2v) is 2.04. The summed E-state index contributed by atoms with van der Waals surface area (Å²) in [5, 5.41) is 0. The first-order chi connectivity index (χ1) is 4.22. The minimum Gasteiger partial charge on any atom is -0.697 e. The molecule has 0 aliphatic heterocycles. The van der Waals surface area contributed by atoms with Crippen LogP contribution in [0.4, 0.5) is 11.4 Å². The summed E-state index contributed by atoms with van der Waals surface area (Å²) >= 11 is 0. The van der Waals surface area contributed by atoms with Crippen LogP contribution in [0.25, 0.3) is 5.73 Å². The van der Waals surface area contributed by atoms with Gasteiger partial charge in [-0.2, -0.15) is 0 Å². The molecule has 0 atom stereocenters. The molecular weight excluding hydrogens is 112 g/mol. The van der Waals surface area contributed by atoms with E-state index in [1.54, 1.807) is 6.07 Å². The number of hydrogen-bond acceptors (Lipinski definition) is 1. The third-order valence-corrected chi connectivity index (χ3v) is 1.31. The lowest BCUT2D eigenvalue weighted by atomic mass is 10.2. The predicted octanol–water partition coefficient (Wildman–Crippen LogP) is 2.26. The molecule has 2 nitrogen and oxygen atoms in total. The van der Waals surface area contributed by atoms with Gasteiger partial charge in [0.25, 0.3) is 0 Å². The van der Waals surface area contributed by atoms with Crippen molar-refractivity contribution in [2.24, 2.45) is 0 Å². The van der Waals surface area contributed by atoms with E-state index in [2.05, 4.69) is 0 Å². The van der Waals surface area contributed by atoms with E-state index >= 15 is 0 Å². The van der Waals surface area contributed by atoms with Crippen LogP contribution in [-0.4, -0.2) is 0 Å². The monoisotopic (exact) mass is 121 g/mol. The maximum atomic E-state index is 7.32. The van der Waals surface area contributed by atoms with Gasteiger partial charge >= 0.3 is 0 Å². The second-order valence-electron chi connectivity index (χ2n) is 2.04. The van der Waals surface area contributed by atoms with Crippen molar-refractivity contribution in [2.75, 3.05) is 5.73 Å². The second kappa shape index (κ2) is 1.97. The van der Waals surface area contributed by atoms with Crippen molar-refractivity contribution >= 4 is 11.4 Å². The molecule has 0 aliphatic carbocycles. The van der Waals surface area contributed by atoms with E-state index in [1.807, 2.05) is 19.1 Å². The van der Waals surface area contributed by atoms with Gasteiger partial charge in [-0.05, 0) is 13.0 Å². The summed E-state index contributed by atoms with van der Waals surface area (Å²) in [4.78, 5) is 0. The van der Waals surface area contributed by atoms with Crippen molar-refractivity contribution in [1.82, 2.24) is 0 Å². The normalized spacial score (nSPS) is 9.44. The molecule has 0 saturated heterocycles. The van der Waals surface area contributed by atoms with E-state index in [4.69, 9.17) is 11.5 Å². The van der Waals surface area contributed by atoms with Gasteiger partial charge in [0.1, 0.15) is 0 Å². The Bertz CT molecular complexity index is 198. The molecule has 0 fully saturated rings. The summed E-state index contributed by atoms with van der Waals surface area (Å²) in [5.41, 5.74) is 14.7. The van der Waals surface area contributed by atoms with Crippen LogP contribution >= 0.6 is 0 Å². The van der Waals surface area contributed by atoms with Crippen LogP contribution in [0, 0.1) is 6.92 Å². The molecule has 1 aromatic rings. The lowest BCUT2D eigenvalue weighted by molar-refractivity contribution is 1.49. The fraction of sp³-hybridized carbons (Fsp3) is 0.143. The first kappa shape index (κ1) is 5.95. The number of aryl methyl sites for hydroxylation is 1. The van der Waals surface area contributed by atoms with Gasteiger partial charge in [-0.3, -0.25) is 0 Å². The van der Waals surface area contributed by atoms with Crippen LogP contribution in [0.5, 0.6) is 0 Å². The van der Waals surface area contributed by atoms with E-state index in [0.29, 0.717) is 11.4 Å². The van der Waals surface area contributed by atoms with E-state index < -0.39 is 0 Å². The summed E-state index contributed by atoms with van der Waals surface area (Å²) in [6.07, 6.45) is 0.